The summed E-state index contributed by atoms with van der Waals surface area (Å²) in [4.78, 5) is 5.58. The lowest BCUT2D eigenvalue weighted by molar-refractivity contribution is 0.184. The maximum absolute atomic E-state index is 8.99. The molecular weight excluding hydrogens is 260 g/mol. The Morgan fingerprint density at radius 1 is 1.29 bits per heavy atom. The maximum atomic E-state index is 8.99. The molecule has 21 heavy (non-hydrogen) atoms. The highest BCUT2D eigenvalue weighted by Crippen LogP contribution is 2.38. The number of azide groups is 1. The van der Waals surface area contributed by atoms with E-state index in [1.807, 2.05) is 37.3 Å². The van der Waals surface area contributed by atoms with Crippen LogP contribution in [0.2, 0.25) is 0 Å². The van der Waals surface area contributed by atoms with E-state index in [0.717, 1.165) is 18.7 Å². The van der Waals surface area contributed by atoms with Crippen LogP contribution in [0.3, 0.4) is 0 Å². The number of allylic oxidation sites excluding steroid dienone is 1. The molecule has 1 aromatic rings. The zero-order valence-electron chi connectivity index (χ0n) is 13.2. The second-order valence-corrected chi connectivity index (χ2v) is 6.02. The van der Waals surface area contributed by atoms with Crippen molar-refractivity contribution in [2.75, 3.05) is 13.1 Å². The fourth-order valence-electron chi connectivity index (χ4n) is 3.30. The predicted molar refractivity (Wildman–Crippen MR) is 87.0 cm³/mol. The Hall–Kier alpha value is -1.77. The number of hydrogen-bond donors (Lipinski definition) is 0. The summed E-state index contributed by atoms with van der Waals surface area (Å²) in [7, 11) is 0. The third-order valence-corrected chi connectivity index (χ3v) is 4.49. The molecule has 4 heteroatoms. The minimum atomic E-state index is -0.239. The first-order valence-corrected chi connectivity index (χ1v) is 7.62. The Bertz CT molecular complexity index is 535. The first kappa shape index (κ1) is 15.6. The van der Waals surface area contributed by atoms with Crippen molar-refractivity contribution in [1.29, 1.82) is 0 Å². The quantitative estimate of drug-likeness (QED) is 0.330. The summed E-state index contributed by atoms with van der Waals surface area (Å²) in [6.07, 6.45) is 4.61. The fraction of sp³-hybridized carbons (Fsp3) is 0.529. The largest absolute Gasteiger partial charge is 0.294 e. The van der Waals surface area contributed by atoms with Gasteiger partial charge in [-0.25, -0.2) is 0 Å². The first-order valence-electron chi connectivity index (χ1n) is 7.62. The van der Waals surface area contributed by atoms with Gasteiger partial charge in [-0.3, -0.25) is 4.90 Å². The van der Waals surface area contributed by atoms with Crippen molar-refractivity contribution < 1.29 is 0 Å². The Balaban J connectivity index is 2.39. The lowest BCUT2D eigenvalue weighted by Crippen LogP contribution is -2.44. The van der Waals surface area contributed by atoms with Gasteiger partial charge in [-0.05, 0) is 63.4 Å². The molecule has 112 valence electrons. The van der Waals surface area contributed by atoms with Crippen molar-refractivity contribution in [3.05, 3.63) is 58.0 Å². The summed E-state index contributed by atoms with van der Waals surface area (Å²) in [5.41, 5.74) is 11.1. The molecule has 1 aromatic carbocycles. The topological polar surface area (TPSA) is 52.0 Å². The Morgan fingerprint density at radius 3 is 2.43 bits per heavy atom. The zero-order chi connectivity index (χ0) is 15.3. The lowest BCUT2D eigenvalue weighted by Gasteiger charge is -2.40. The summed E-state index contributed by atoms with van der Waals surface area (Å²) in [6.45, 7) is 8.73. The Labute approximate surface area is 127 Å². The van der Waals surface area contributed by atoms with Crippen molar-refractivity contribution >= 4 is 0 Å². The fourth-order valence-corrected chi connectivity index (χ4v) is 3.30. The van der Waals surface area contributed by atoms with E-state index in [9.17, 15) is 0 Å². The number of likely N-dealkylation sites (tertiary alicyclic amines) is 1. The average molecular weight is 284 g/mol. The summed E-state index contributed by atoms with van der Waals surface area (Å²) in [5, 5.41) is 4.09. The minimum Gasteiger partial charge on any atom is -0.294 e. The molecule has 1 aliphatic rings. The Kier molecular flexibility index (Phi) is 5.05. The molecule has 1 heterocycles. The van der Waals surface area contributed by atoms with E-state index in [4.69, 9.17) is 5.53 Å². The highest BCUT2D eigenvalue weighted by Gasteiger charge is 2.35. The van der Waals surface area contributed by atoms with Crippen LogP contribution in [0.15, 0.2) is 47.1 Å². The summed E-state index contributed by atoms with van der Waals surface area (Å²) in [6, 6.07) is 9.79. The molecule has 1 saturated heterocycles. The van der Waals surface area contributed by atoms with E-state index in [2.05, 4.69) is 34.8 Å². The molecule has 0 radical (unpaired) electrons. The van der Waals surface area contributed by atoms with E-state index in [1.165, 1.54) is 18.4 Å². The number of rotatable bonds is 5. The number of nitrogens with zero attached hydrogens (tertiary/aromatic N) is 4. The molecule has 1 atom stereocenters. The highest BCUT2D eigenvalue weighted by molar-refractivity contribution is 5.34. The van der Waals surface area contributed by atoms with Gasteiger partial charge in [-0.1, -0.05) is 41.5 Å². The van der Waals surface area contributed by atoms with E-state index >= 15 is 0 Å². The van der Waals surface area contributed by atoms with Crippen molar-refractivity contribution in [2.45, 2.75) is 45.2 Å². The monoisotopic (exact) mass is 284 g/mol. The van der Waals surface area contributed by atoms with Gasteiger partial charge in [-0.2, -0.15) is 0 Å². The average Bonchev–Trinajstić information content (AvgIpc) is 3.03. The van der Waals surface area contributed by atoms with Gasteiger partial charge in [0.25, 0.3) is 0 Å². The first-order chi connectivity index (χ1) is 10.1. The molecule has 0 bridgehead atoms. The van der Waals surface area contributed by atoms with E-state index in [1.54, 1.807) is 0 Å². The van der Waals surface area contributed by atoms with Crippen LogP contribution < -0.4 is 0 Å². The molecule has 2 rings (SSSR count). The van der Waals surface area contributed by atoms with Gasteiger partial charge in [-0.15, -0.1) is 0 Å². The van der Waals surface area contributed by atoms with Gasteiger partial charge in [0, 0.05) is 10.5 Å². The van der Waals surface area contributed by atoms with Crippen molar-refractivity contribution in [3.8, 4) is 0 Å². The van der Waals surface area contributed by atoms with Gasteiger partial charge < -0.3 is 0 Å². The van der Waals surface area contributed by atoms with Crippen LogP contribution in [0.4, 0.5) is 0 Å². The second-order valence-electron chi connectivity index (χ2n) is 6.02. The van der Waals surface area contributed by atoms with Crippen LogP contribution >= 0.6 is 0 Å². The summed E-state index contributed by atoms with van der Waals surface area (Å²) < 4.78 is 0. The van der Waals surface area contributed by atoms with E-state index < -0.39 is 0 Å². The van der Waals surface area contributed by atoms with Crippen LogP contribution in [-0.4, -0.2) is 23.5 Å². The molecule has 4 nitrogen and oxygen atoms in total. The smallest absolute Gasteiger partial charge is 0.0853 e. The van der Waals surface area contributed by atoms with Crippen LogP contribution in [-0.2, 0) is 0 Å². The van der Waals surface area contributed by atoms with Crippen molar-refractivity contribution in [3.63, 3.8) is 0 Å². The van der Waals surface area contributed by atoms with Crippen LogP contribution in [0.25, 0.3) is 10.4 Å². The highest BCUT2D eigenvalue weighted by atomic mass is 15.2. The molecule has 0 aliphatic carbocycles. The van der Waals surface area contributed by atoms with Gasteiger partial charge in [0.1, 0.15) is 0 Å². The maximum Gasteiger partial charge on any atom is 0.0853 e. The molecule has 0 N–H and O–H groups in total. The Morgan fingerprint density at radius 2 is 1.90 bits per heavy atom. The van der Waals surface area contributed by atoms with Crippen LogP contribution in [0.1, 0.15) is 45.2 Å². The molecule has 0 aromatic heterocycles. The molecule has 0 amide bonds. The molecule has 0 saturated carbocycles. The molecule has 0 spiro atoms. The number of benzene rings is 1. The third kappa shape index (κ3) is 3.29. The normalized spacial score (nSPS) is 18.3. The SMILES string of the molecule is CC=C(C(N=[N+]=[N-])c1ccccc1)C(C)(C)N1CCCC1. The van der Waals surface area contributed by atoms with E-state index in [-0.39, 0.29) is 11.6 Å². The third-order valence-electron chi connectivity index (χ3n) is 4.49. The number of hydrogen-bond acceptors (Lipinski definition) is 2. The summed E-state index contributed by atoms with van der Waals surface area (Å²) >= 11 is 0. The van der Waals surface area contributed by atoms with Gasteiger partial charge in [0.2, 0.25) is 0 Å². The minimum absolute atomic E-state index is 0.0973. The standard InChI is InChI=1S/C17H24N4/c1-4-15(17(2,3)21-12-8-9-13-21)16(19-20-18)14-10-6-5-7-11-14/h4-7,10-11,16H,8-9,12-13H2,1-3H3. The zero-order valence-corrected chi connectivity index (χ0v) is 13.2. The summed E-state index contributed by atoms with van der Waals surface area (Å²) in [5.74, 6) is 0. The van der Waals surface area contributed by atoms with Gasteiger partial charge >= 0.3 is 0 Å². The lowest BCUT2D eigenvalue weighted by atomic mass is 9.84. The van der Waals surface area contributed by atoms with Crippen LogP contribution in [0.5, 0.6) is 0 Å². The molecule has 1 aliphatic heterocycles. The van der Waals surface area contributed by atoms with Crippen LogP contribution in [0, 0.1) is 0 Å². The predicted octanol–water partition coefficient (Wildman–Crippen LogP) is 4.86. The van der Waals surface area contributed by atoms with E-state index in [0.29, 0.717) is 0 Å². The van der Waals surface area contributed by atoms with Crippen molar-refractivity contribution in [1.82, 2.24) is 4.90 Å². The van der Waals surface area contributed by atoms with Gasteiger partial charge in [0.15, 0.2) is 0 Å². The second kappa shape index (κ2) is 6.79. The molecule has 1 unspecified atom stereocenters. The molecular formula is C17H24N4. The molecule has 1 fully saturated rings. The van der Waals surface area contributed by atoms with Gasteiger partial charge in [0.05, 0.1) is 6.04 Å². The van der Waals surface area contributed by atoms with Crippen molar-refractivity contribution in [2.24, 2.45) is 5.11 Å².